The topological polar surface area (TPSA) is 72.9 Å². The summed E-state index contributed by atoms with van der Waals surface area (Å²) in [6, 6.07) is 7.59. The van der Waals surface area contributed by atoms with Gasteiger partial charge in [0.2, 0.25) is 5.91 Å². The van der Waals surface area contributed by atoms with Gasteiger partial charge in [-0.15, -0.1) is 0 Å². The molecular weight excluding hydrogens is 240 g/mol. The van der Waals surface area contributed by atoms with Crippen LogP contribution in [0, 0.1) is 0 Å². The van der Waals surface area contributed by atoms with Crippen molar-refractivity contribution >= 4 is 11.6 Å². The van der Waals surface area contributed by atoms with Gasteiger partial charge < -0.3 is 15.6 Å². The second kappa shape index (κ2) is 6.70. The number of benzene rings is 1. The van der Waals surface area contributed by atoms with Crippen LogP contribution in [0.1, 0.15) is 18.4 Å². The maximum atomic E-state index is 11.8. The molecule has 0 bridgehead atoms. The number of imidazole rings is 1. The van der Waals surface area contributed by atoms with Gasteiger partial charge in [-0.2, -0.15) is 0 Å². The number of nitrogens with one attached hydrogen (secondary N) is 1. The average molecular weight is 258 g/mol. The predicted molar refractivity (Wildman–Crippen MR) is 74.4 cm³/mol. The zero-order chi connectivity index (χ0) is 13.5. The first kappa shape index (κ1) is 13.3. The highest BCUT2D eigenvalue weighted by atomic mass is 16.1. The Balaban J connectivity index is 1.80. The van der Waals surface area contributed by atoms with Gasteiger partial charge in [0.1, 0.15) is 0 Å². The number of rotatable bonds is 6. The van der Waals surface area contributed by atoms with Crippen LogP contribution in [-0.4, -0.2) is 15.5 Å². The Hall–Kier alpha value is -2.14. The molecule has 1 aromatic heterocycles. The molecule has 0 spiro atoms. The second-order valence-corrected chi connectivity index (χ2v) is 4.31. The van der Waals surface area contributed by atoms with Crippen molar-refractivity contribution < 1.29 is 4.79 Å². The lowest BCUT2D eigenvalue weighted by atomic mass is 10.1. The van der Waals surface area contributed by atoms with Crippen molar-refractivity contribution in [1.82, 2.24) is 9.55 Å². The Morgan fingerprint density at radius 1 is 1.37 bits per heavy atom. The lowest BCUT2D eigenvalue weighted by Crippen LogP contribution is -2.14. The number of para-hydroxylation sites is 1. The van der Waals surface area contributed by atoms with Gasteiger partial charge in [0.25, 0.3) is 0 Å². The number of amides is 1. The maximum absolute atomic E-state index is 11.8. The second-order valence-electron chi connectivity index (χ2n) is 4.31. The van der Waals surface area contributed by atoms with E-state index in [4.69, 9.17) is 5.73 Å². The standard InChI is InChI=1S/C14H18N4O/c15-10-12-4-1-2-5-13(12)17-14(19)6-3-8-18-9-7-16-11-18/h1-2,4-5,7,9,11H,3,6,8,10,15H2,(H,17,19). The third kappa shape index (κ3) is 3.93. The van der Waals surface area contributed by atoms with Crippen LogP contribution in [0.4, 0.5) is 5.69 Å². The van der Waals surface area contributed by atoms with E-state index >= 15 is 0 Å². The number of hydrogen-bond acceptors (Lipinski definition) is 3. The first-order valence-electron chi connectivity index (χ1n) is 6.33. The molecule has 0 aliphatic rings. The van der Waals surface area contributed by atoms with Crippen LogP contribution in [-0.2, 0) is 17.9 Å². The van der Waals surface area contributed by atoms with Crippen molar-refractivity contribution in [2.75, 3.05) is 5.32 Å². The number of carbonyl (C=O) groups excluding carboxylic acids is 1. The minimum Gasteiger partial charge on any atom is -0.337 e. The summed E-state index contributed by atoms with van der Waals surface area (Å²) in [6.45, 7) is 1.22. The quantitative estimate of drug-likeness (QED) is 0.829. The van der Waals surface area contributed by atoms with Gasteiger partial charge in [0.05, 0.1) is 6.33 Å². The number of nitrogens with zero attached hydrogens (tertiary/aromatic N) is 2. The summed E-state index contributed by atoms with van der Waals surface area (Å²) in [4.78, 5) is 15.8. The molecule has 5 heteroatoms. The molecular formula is C14H18N4O. The lowest BCUT2D eigenvalue weighted by Gasteiger charge is -2.09. The van der Waals surface area contributed by atoms with Gasteiger partial charge in [0.15, 0.2) is 0 Å². The highest BCUT2D eigenvalue weighted by molar-refractivity contribution is 5.91. The number of nitrogens with two attached hydrogens (primary N) is 1. The fourth-order valence-corrected chi connectivity index (χ4v) is 1.87. The first-order chi connectivity index (χ1) is 9.29. The molecule has 19 heavy (non-hydrogen) atoms. The Morgan fingerprint density at radius 3 is 2.95 bits per heavy atom. The fraction of sp³-hybridized carbons (Fsp3) is 0.286. The number of anilines is 1. The van der Waals surface area contributed by atoms with E-state index in [0.29, 0.717) is 13.0 Å². The molecule has 3 N–H and O–H groups in total. The van der Waals surface area contributed by atoms with Crippen molar-refractivity contribution in [3.63, 3.8) is 0 Å². The highest BCUT2D eigenvalue weighted by Crippen LogP contribution is 2.14. The summed E-state index contributed by atoms with van der Waals surface area (Å²) >= 11 is 0. The van der Waals surface area contributed by atoms with Crippen LogP contribution in [0.2, 0.25) is 0 Å². The van der Waals surface area contributed by atoms with Crippen molar-refractivity contribution in [3.05, 3.63) is 48.5 Å². The van der Waals surface area contributed by atoms with E-state index in [1.165, 1.54) is 0 Å². The van der Waals surface area contributed by atoms with Crippen LogP contribution in [0.15, 0.2) is 43.0 Å². The van der Waals surface area contributed by atoms with E-state index in [1.807, 2.05) is 35.0 Å². The molecule has 0 atom stereocenters. The predicted octanol–water partition coefficient (Wildman–Crippen LogP) is 1.76. The minimum atomic E-state index is 0.0148. The normalized spacial score (nSPS) is 10.4. The summed E-state index contributed by atoms with van der Waals surface area (Å²) < 4.78 is 1.96. The zero-order valence-electron chi connectivity index (χ0n) is 10.7. The molecule has 5 nitrogen and oxygen atoms in total. The van der Waals surface area contributed by atoms with Gasteiger partial charge in [-0.05, 0) is 18.1 Å². The average Bonchev–Trinajstić information content (AvgIpc) is 2.92. The summed E-state index contributed by atoms with van der Waals surface area (Å²) in [6.07, 6.45) is 6.64. The Kier molecular flexibility index (Phi) is 4.69. The maximum Gasteiger partial charge on any atom is 0.224 e. The van der Waals surface area contributed by atoms with E-state index in [9.17, 15) is 4.79 Å². The van der Waals surface area contributed by atoms with Gasteiger partial charge in [-0.1, -0.05) is 18.2 Å². The molecule has 0 saturated heterocycles. The SMILES string of the molecule is NCc1ccccc1NC(=O)CCCn1ccnc1. The number of aromatic nitrogens is 2. The molecule has 100 valence electrons. The van der Waals surface area contributed by atoms with Crippen LogP contribution < -0.4 is 11.1 Å². The summed E-state index contributed by atoms with van der Waals surface area (Å²) in [5.41, 5.74) is 7.38. The van der Waals surface area contributed by atoms with Crippen LogP contribution >= 0.6 is 0 Å². The van der Waals surface area contributed by atoms with Gasteiger partial charge in [-0.3, -0.25) is 4.79 Å². The van der Waals surface area contributed by atoms with Crippen molar-refractivity contribution in [2.45, 2.75) is 25.9 Å². The Bertz CT molecular complexity index is 522. The van der Waals surface area contributed by atoms with Crippen molar-refractivity contribution in [2.24, 2.45) is 5.73 Å². The largest absolute Gasteiger partial charge is 0.337 e. The molecule has 2 aromatic rings. The molecule has 1 aromatic carbocycles. The molecule has 0 aliphatic carbocycles. The third-order valence-corrected chi connectivity index (χ3v) is 2.89. The van der Waals surface area contributed by atoms with Gasteiger partial charge >= 0.3 is 0 Å². The molecule has 0 unspecified atom stereocenters. The van der Waals surface area contributed by atoms with E-state index in [2.05, 4.69) is 10.3 Å². The Labute approximate surface area is 112 Å². The monoisotopic (exact) mass is 258 g/mol. The molecule has 0 aliphatic heterocycles. The van der Waals surface area contributed by atoms with Crippen molar-refractivity contribution in [3.8, 4) is 0 Å². The van der Waals surface area contributed by atoms with Crippen LogP contribution in [0.25, 0.3) is 0 Å². The molecule has 0 saturated carbocycles. The van der Waals surface area contributed by atoms with Crippen LogP contribution in [0.5, 0.6) is 0 Å². The fourth-order valence-electron chi connectivity index (χ4n) is 1.87. The minimum absolute atomic E-state index is 0.0148. The molecule has 1 amide bonds. The van der Waals surface area contributed by atoms with Gasteiger partial charge in [0, 0.05) is 37.6 Å². The number of hydrogen-bond donors (Lipinski definition) is 2. The van der Waals surface area contributed by atoms with Crippen molar-refractivity contribution in [1.29, 1.82) is 0 Å². The lowest BCUT2D eigenvalue weighted by molar-refractivity contribution is -0.116. The Morgan fingerprint density at radius 2 is 2.21 bits per heavy atom. The first-order valence-corrected chi connectivity index (χ1v) is 6.33. The molecule has 2 rings (SSSR count). The zero-order valence-corrected chi connectivity index (χ0v) is 10.7. The highest BCUT2D eigenvalue weighted by Gasteiger charge is 2.05. The third-order valence-electron chi connectivity index (χ3n) is 2.89. The van der Waals surface area contributed by atoms with E-state index in [0.717, 1.165) is 24.2 Å². The number of aryl methyl sites for hydroxylation is 1. The van der Waals surface area contributed by atoms with E-state index in [1.54, 1.807) is 12.5 Å². The van der Waals surface area contributed by atoms with Gasteiger partial charge in [-0.25, -0.2) is 4.98 Å². The molecule has 1 heterocycles. The summed E-state index contributed by atoms with van der Waals surface area (Å²) in [5.74, 6) is 0.0148. The van der Waals surface area contributed by atoms with Crippen LogP contribution in [0.3, 0.4) is 0 Å². The summed E-state index contributed by atoms with van der Waals surface area (Å²) in [7, 11) is 0. The summed E-state index contributed by atoms with van der Waals surface area (Å²) in [5, 5.41) is 2.90. The van der Waals surface area contributed by atoms with E-state index < -0.39 is 0 Å². The number of carbonyl (C=O) groups is 1. The smallest absolute Gasteiger partial charge is 0.224 e. The molecule has 0 fully saturated rings. The molecule has 0 radical (unpaired) electrons. The van der Waals surface area contributed by atoms with E-state index in [-0.39, 0.29) is 5.91 Å².